The maximum atomic E-state index is 12.3. The Balaban J connectivity index is 2.98. The summed E-state index contributed by atoms with van der Waals surface area (Å²) in [4.78, 5) is 46.7. The van der Waals surface area contributed by atoms with Crippen LogP contribution in [0.5, 0.6) is 0 Å². The summed E-state index contributed by atoms with van der Waals surface area (Å²) in [5.41, 5.74) is -1.77. The number of amides is 2. The monoisotopic (exact) mass is 369 g/mol. The first-order chi connectivity index (χ1) is 10.0. The summed E-state index contributed by atoms with van der Waals surface area (Å²) in [7, 11) is 0. The van der Waals surface area contributed by atoms with Crippen molar-refractivity contribution >= 4 is 39.2 Å². The van der Waals surface area contributed by atoms with Crippen LogP contribution in [-0.4, -0.2) is 27.5 Å². The summed E-state index contributed by atoms with van der Waals surface area (Å²) in [6, 6.07) is 1.10. The zero-order valence-corrected chi connectivity index (χ0v) is 13.6. The maximum Gasteiger partial charge on any atom is 0.281 e. The van der Waals surface area contributed by atoms with E-state index in [1.807, 2.05) is 0 Å². The first-order valence-electron chi connectivity index (χ1n) is 6.17. The highest BCUT2D eigenvalue weighted by atomic mass is 79.9. The molecule has 0 saturated carbocycles. The Bertz CT molecular complexity index is 757. The Morgan fingerprint density at radius 1 is 1.41 bits per heavy atom. The number of nitro benzene ring substituents is 1. The van der Waals surface area contributed by atoms with E-state index in [4.69, 9.17) is 5.84 Å². The summed E-state index contributed by atoms with van der Waals surface area (Å²) in [6.45, 7) is 4.16. The van der Waals surface area contributed by atoms with Crippen molar-refractivity contribution in [2.75, 3.05) is 0 Å². The molecule has 1 aromatic rings. The number of hydrogen-bond donors (Lipinski definition) is 1. The molecular weight excluding hydrogens is 358 g/mol. The molecule has 8 nitrogen and oxygen atoms in total. The number of fused-ring (bicyclic) bond motifs is 1. The van der Waals surface area contributed by atoms with Crippen molar-refractivity contribution in [1.82, 2.24) is 5.01 Å². The van der Waals surface area contributed by atoms with Gasteiger partial charge in [-0.1, -0.05) is 0 Å². The SMILES string of the molecule is CC(=O)c1c([N+](=O)[O-])cc2c(c1Br)C(=O)N(N)C(=O)C2(C)C. The van der Waals surface area contributed by atoms with Crippen molar-refractivity contribution < 1.29 is 19.3 Å². The first-order valence-corrected chi connectivity index (χ1v) is 6.97. The van der Waals surface area contributed by atoms with Gasteiger partial charge < -0.3 is 0 Å². The summed E-state index contributed by atoms with van der Waals surface area (Å²) >= 11 is 3.09. The number of nitrogens with two attached hydrogens (primary N) is 1. The van der Waals surface area contributed by atoms with Gasteiger partial charge in [0.25, 0.3) is 17.5 Å². The van der Waals surface area contributed by atoms with Gasteiger partial charge >= 0.3 is 0 Å². The lowest BCUT2D eigenvalue weighted by Gasteiger charge is -2.35. The van der Waals surface area contributed by atoms with E-state index in [0.717, 1.165) is 13.0 Å². The van der Waals surface area contributed by atoms with Gasteiger partial charge in [0.05, 0.1) is 15.9 Å². The van der Waals surface area contributed by atoms with Crippen molar-refractivity contribution in [3.8, 4) is 0 Å². The molecule has 1 heterocycles. The van der Waals surface area contributed by atoms with Crippen molar-refractivity contribution in [3.05, 3.63) is 37.3 Å². The largest absolute Gasteiger partial charge is 0.294 e. The van der Waals surface area contributed by atoms with Crippen molar-refractivity contribution in [2.45, 2.75) is 26.2 Å². The molecule has 116 valence electrons. The van der Waals surface area contributed by atoms with Gasteiger partial charge in [-0.05, 0) is 42.3 Å². The zero-order valence-electron chi connectivity index (χ0n) is 12.0. The Labute approximate surface area is 133 Å². The minimum atomic E-state index is -1.24. The highest BCUT2D eigenvalue weighted by molar-refractivity contribution is 9.10. The molecule has 0 aromatic heterocycles. The van der Waals surface area contributed by atoms with Crippen molar-refractivity contribution in [3.63, 3.8) is 0 Å². The van der Waals surface area contributed by atoms with Gasteiger partial charge in [-0.3, -0.25) is 24.5 Å². The second-order valence-electron chi connectivity index (χ2n) is 5.43. The molecule has 0 atom stereocenters. The second kappa shape index (κ2) is 4.96. The molecule has 0 radical (unpaired) electrons. The number of imide groups is 1. The normalized spacial score (nSPS) is 16.5. The van der Waals surface area contributed by atoms with Gasteiger partial charge in [-0.25, -0.2) is 10.9 Å². The molecule has 22 heavy (non-hydrogen) atoms. The van der Waals surface area contributed by atoms with Gasteiger partial charge in [0, 0.05) is 10.5 Å². The summed E-state index contributed by atoms with van der Waals surface area (Å²) in [6.07, 6.45) is 0. The van der Waals surface area contributed by atoms with E-state index in [-0.39, 0.29) is 21.2 Å². The standard InChI is InChI=1S/C13H12BrN3O5/c1-5(18)8-7(17(21)22)4-6-9(10(8)14)11(19)16(15)12(20)13(6,2)3/h4H,15H2,1-3H3. The van der Waals surface area contributed by atoms with Gasteiger partial charge in [0.1, 0.15) is 5.56 Å². The smallest absolute Gasteiger partial charge is 0.281 e. The van der Waals surface area contributed by atoms with E-state index < -0.39 is 33.6 Å². The summed E-state index contributed by atoms with van der Waals surface area (Å²) in [5, 5.41) is 11.7. The first kappa shape index (κ1) is 16.2. The van der Waals surface area contributed by atoms with Gasteiger partial charge in [-0.15, -0.1) is 0 Å². The van der Waals surface area contributed by atoms with Gasteiger partial charge in [-0.2, -0.15) is 0 Å². The van der Waals surface area contributed by atoms with Crippen LogP contribution in [0.4, 0.5) is 5.69 Å². The van der Waals surface area contributed by atoms with Gasteiger partial charge in [0.2, 0.25) is 0 Å². The number of nitrogens with zero attached hydrogens (tertiary/aromatic N) is 2. The number of nitro groups is 1. The molecule has 0 unspecified atom stereocenters. The molecule has 2 rings (SSSR count). The molecular formula is C13H12BrN3O5. The molecule has 0 bridgehead atoms. The lowest BCUT2D eigenvalue weighted by Crippen LogP contribution is -2.55. The number of hydrogen-bond acceptors (Lipinski definition) is 6. The lowest BCUT2D eigenvalue weighted by atomic mass is 9.76. The fraction of sp³-hybridized carbons (Fsp3) is 0.308. The van der Waals surface area contributed by atoms with Crippen molar-refractivity contribution in [2.24, 2.45) is 5.84 Å². The Morgan fingerprint density at radius 3 is 2.41 bits per heavy atom. The van der Waals surface area contributed by atoms with Crippen LogP contribution in [0.2, 0.25) is 0 Å². The van der Waals surface area contributed by atoms with Crippen LogP contribution in [0.3, 0.4) is 0 Å². The minimum absolute atomic E-state index is 0.0112. The molecule has 1 aliphatic heterocycles. The van der Waals surface area contributed by atoms with Gasteiger partial charge in [0.15, 0.2) is 5.78 Å². The number of Topliss-reactive ketones (excluding diaryl/α,β-unsaturated/α-hetero) is 1. The number of halogens is 1. The van der Waals surface area contributed by atoms with E-state index in [1.54, 1.807) is 0 Å². The average Bonchev–Trinajstić information content (AvgIpc) is 2.41. The topological polar surface area (TPSA) is 124 Å². The van der Waals surface area contributed by atoms with Crippen LogP contribution >= 0.6 is 15.9 Å². The second-order valence-corrected chi connectivity index (χ2v) is 6.22. The predicted molar refractivity (Wildman–Crippen MR) is 79.2 cm³/mol. The molecule has 0 fully saturated rings. The van der Waals surface area contributed by atoms with E-state index in [0.29, 0.717) is 5.01 Å². The third-order valence-corrected chi connectivity index (χ3v) is 4.45. The molecule has 1 aliphatic rings. The Kier molecular flexibility index (Phi) is 3.66. The van der Waals surface area contributed by atoms with Crippen LogP contribution in [0.25, 0.3) is 0 Å². The fourth-order valence-corrected chi connectivity index (χ4v) is 3.31. The predicted octanol–water partition coefficient (Wildman–Crippen LogP) is 1.69. The number of benzene rings is 1. The van der Waals surface area contributed by atoms with E-state index in [9.17, 15) is 24.5 Å². The highest BCUT2D eigenvalue weighted by Crippen LogP contribution is 2.42. The van der Waals surface area contributed by atoms with E-state index in [1.165, 1.54) is 13.8 Å². The molecule has 0 spiro atoms. The fourth-order valence-electron chi connectivity index (χ4n) is 2.45. The summed E-state index contributed by atoms with van der Waals surface area (Å²) in [5.74, 6) is 3.43. The highest BCUT2D eigenvalue weighted by Gasteiger charge is 2.46. The number of rotatable bonds is 2. The zero-order chi connectivity index (χ0) is 17.0. The molecule has 2 N–H and O–H groups in total. The summed E-state index contributed by atoms with van der Waals surface area (Å²) < 4.78 is -0.0229. The van der Waals surface area contributed by atoms with Crippen molar-refractivity contribution in [1.29, 1.82) is 0 Å². The average molecular weight is 370 g/mol. The molecule has 0 aliphatic carbocycles. The van der Waals surface area contributed by atoms with Crippen LogP contribution in [0.1, 0.15) is 47.1 Å². The third kappa shape index (κ3) is 2.04. The maximum absolute atomic E-state index is 12.3. The Morgan fingerprint density at radius 2 is 1.95 bits per heavy atom. The Hall–Kier alpha value is -2.13. The third-order valence-electron chi connectivity index (χ3n) is 3.65. The number of hydrazine groups is 1. The van der Waals surface area contributed by atoms with Crippen LogP contribution in [0.15, 0.2) is 10.5 Å². The van der Waals surface area contributed by atoms with E-state index in [2.05, 4.69) is 15.9 Å². The number of carbonyl (C=O) groups excluding carboxylic acids is 3. The molecule has 0 saturated heterocycles. The lowest BCUT2D eigenvalue weighted by molar-refractivity contribution is -0.385. The molecule has 2 amide bonds. The molecule has 9 heteroatoms. The minimum Gasteiger partial charge on any atom is -0.294 e. The van der Waals surface area contributed by atoms with E-state index >= 15 is 0 Å². The van der Waals surface area contributed by atoms with Crippen LogP contribution in [-0.2, 0) is 10.2 Å². The quantitative estimate of drug-likeness (QED) is 0.211. The van der Waals surface area contributed by atoms with Crippen LogP contribution < -0.4 is 5.84 Å². The number of ketones is 1. The molecule has 1 aromatic carbocycles. The van der Waals surface area contributed by atoms with Crippen LogP contribution in [0, 0.1) is 10.1 Å². The number of carbonyl (C=O) groups is 3.